The Morgan fingerprint density at radius 1 is 1.00 bits per heavy atom. The molecule has 0 atom stereocenters. The van der Waals surface area contributed by atoms with Crippen LogP contribution >= 0.6 is 0 Å². The van der Waals surface area contributed by atoms with Crippen LogP contribution < -0.4 is 4.74 Å². The van der Waals surface area contributed by atoms with Gasteiger partial charge in [-0.15, -0.1) is 0 Å². The maximum Gasteiger partial charge on any atom is 0.253 e. The van der Waals surface area contributed by atoms with Gasteiger partial charge in [-0.25, -0.2) is 0 Å². The van der Waals surface area contributed by atoms with Crippen molar-refractivity contribution in [2.75, 3.05) is 14.2 Å². The topological polar surface area (TPSA) is 29.5 Å². The molecule has 23 heavy (non-hydrogen) atoms. The van der Waals surface area contributed by atoms with Crippen LogP contribution in [0.5, 0.6) is 5.75 Å². The molecule has 122 valence electrons. The fourth-order valence-electron chi connectivity index (χ4n) is 2.41. The number of rotatable bonds is 4. The molecule has 0 spiro atoms. The lowest BCUT2D eigenvalue weighted by atomic mass is 9.86. The summed E-state index contributed by atoms with van der Waals surface area (Å²) in [7, 11) is 3.47. The van der Waals surface area contributed by atoms with Gasteiger partial charge in [-0.1, -0.05) is 45.0 Å². The first kappa shape index (κ1) is 17.1. The summed E-state index contributed by atoms with van der Waals surface area (Å²) in [5, 5.41) is 0. The van der Waals surface area contributed by atoms with Crippen LogP contribution in [-0.2, 0) is 12.0 Å². The molecule has 2 rings (SSSR count). The van der Waals surface area contributed by atoms with Gasteiger partial charge in [0.15, 0.2) is 0 Å². The fraction of sp³-hybridized carbons (Fsp3) is 0.350. The average molecular weight is 311 g/mol. The van der Waals surface area contributed by atoms with E-state index in [0.717, 1.165) is 11.3 Å². The number of benzene rings is 2. The highest BCUT2D eigenvalue weighted by Crippen LogP contribution is 2.22. The fourth-order valence-corrected chi connectivity index (χ4v) is 2.41. The summed E-state index contributed by atoms with van der Waals surface area (Å²) >= 11 is 0. The van der Waals surface area contributed by atoms with Crippen molar-refractivity contribution in [3.63, 3.8) is 0 Å². The Bertz CT molecular complexity index is 652. The molecule has 0 unspecified atom stereocenters. The van der Waals surface area contributed by atoms with Crippen molar-refractivity contribution in [2.45, 2.75) is 32.7 Å². The van der Waals surface area contributed by atoms with Crippen molar-refractivity contribution in [1.82, 2.24) is 4.90 Å². The Balaban J connectivity index is 2.06. The highest BCUT2D eigenvalue weighted by Gasteiger charge is 2.16. The first-order valence-corrected chi connectivity index (χ1v) is 7.80. The van der Waals surface area contributed by atoms with Crippen LogP contribution in [0.25, 0.3) is 0 Å². The number of methoxy groups -OCH3 is 1. The number of carbonyl (C=O) groups is 1. The summed E-state index contributed by atoms with van der Waals surface area (Å²) < 4.78 is 5.15. The third-order valence-electron chi connectivity index (χ3n) is 3.92. The molecule has 0 saturated heterocycles. The largest absolute Gasteiger partial charge is 0.497 e. The predicted molar refractivity (Wildman–Crippen MR) is 93.9 cm³/mol. The third kappa shape index (κ3) is 4.35. The van der Waals surface area contributed by atoms with E-state index >= 15 is 0 Å². The van der Waals surface area contributed by atoms with E-state index in [0.29, 0.717) is 12.1 Å². The van der Waals surface area contributed by atoms with Gasteiger partial charge in [-0.3, -0.25) is 4.79 Å². The van der Waals surface area contributed by atoms with Gasteiger partial charge in [0.1, 0.15) is 5.75 Å². The van der Waals surface area contributed by atoms with Crippen molar-refractivity contribution in [3.05, 3.63) is 65.2 Å². The van der Waals surface area contributed by atoms with E-state index in [4.69, 9.17) is 4.74 Å². The van der Waals surface area contributed by atoms with Crippen LogP contribution in [0.15, 0.2) is 48.5 Å². The number of amides is 1. The van der Waals surface area contributed by atoms with Gasteiger partial charge in [0.25, 0.3) is 5.91 Å². The number of carbonyl (C=O) groups excluding carboxylic acids is 1. The number of ether oxygens (including phenoxy) is 1. The molecule has 3 heteroatoms. The van der Waals surface area contributed by atoms with E-state index in [2.05, 4.69) is 20.8 Å². The summed E-state index contributed by atoms with van der Waals surface area (Å²) in [6, 6.07) is 15.7. The second-order valence-electron chi connectivity index (χ2n) is 6.84. The first-order valence-electron chi connectivity index (χ1n) is 7.80. The molecule has 0 aliphatic carbocycles. The molecule has 0 fully saturated rings. The molecular weight excluding hydrogens is 286 g/mol. The van der Waals surface area contributed by atoms with Gasteiger partial charge < -0.3 is 9.64 Å². The molecule has 0 aromatic heterocycles. The molecule has 3 nitrogen and oxygen atoms in total. The van der Waals surface area contributed by atoms with Crippen molar-refractivity contribution >= 4 is 5.91 Å². The summed E-state index contributed by atoms with van der Waals surface area (Å²) in [6.07, 6.45) is 0. The third-order valence-corrected chi connectivity index (χ3v) is 3.92. The van der Waals surface area contributed by atoms with Crippen LogP contribution in [0.4, 0.5) is 0 Å². The lowest BCUT2D eigenvalue weighted by molar-refractivity contribution is 0.0785. The van der Waals surface area contributed by atoms with Gasteiger partial charge in [0.2, 0.25) is 0 Å². The minimum absolute atomic E-state index is 0.0290. The Labute approximate surface area is 138 Å². The maximum absolute atomic E-state index is 12.5. The van der Waals surface area contributed by atoms with Gasteiger partial charge >= 0.3 is 0 Å². The summed E-state index contributed by atoms with van der Waals surface area (Å²) in [6.45, 7) is 7.07. The van der Waals surface area contributed by atoms with E-state index in [-0.39, 0.29) is 11.3 Å². The molecule has 0 radical (unpaired) electrons. The highest BCUT2D eigenvalue weighted by atomic mass is 16.5. The van der Waals surface area contributed by atoms with Crippen molar-refractivity contribution in [3.8, 4) is 5.75 Å². The maximum atomic E-state index is 12.5. The number of hydrogen-bond acceptors (Lipinski definition) is 2. The minimum atomic E-state index is 0.0290. The van der Waals surface area contributed by atoms with Crippen LogP contribution in [0.2, 0.25) is 0 Å². The summed E-state index contributed by atoms with van der Waals surface area (Å²) in [4.78, 5) is 14.3. The van der Waals surface area contributed by atoms with Gasteiger partial charge in [0, 0.05) is 19.2 Å². The predicted octanol–water partition coefficient (Wildman–Crippen LogP) is 4.26. The van der Waals surface area contributed by atoms with Crippen LogP contribution in [0.1, 0.15) is 42.3 Å². The lowest BCUT2D eigenvalue weighted by Gasteiger charge is -2.21. The smallest absolute Gasteiger partial charge is 0.253 e. The number of hydrogen-bond donors (Lipinski definition) is 0. The van der Waals surface area contributed by atoms with Gasteiger partial charge in [-0.2, -0.15) is 0 Å². The standard InChI is InChI=1S/C20H25NO2/c1-20(2,3)17-10-8-16(9-11-17)19(22)21(4)14-15-6-12-18(23-5)13-7-15/h6-13H,14H2,1-5H3. The zero-order valence-corrected chi connectivity index (χ0v) is 14.6. The Morgan fingerprint density at radius 3 is 2.04 bits per heavy atom. The molecule has 0 heterocycles. The monoisotopic (exact) mass is 311 g/mol. The van der Waals surface area contributed by atoms with E-state index in [1.54, 1.807) is 12.0 Å². The molecule has 1 amide bonds. The molecule has 0 bridgehead atoms. The first-order chi connectivity index (χ1) is 10.8. The van der Waals surface area contributed by atoms with E-state index in [9.17, 15) is 4.79 Å². The Kier molecular flexibility index (Phi) is 5.09. The average Bonchev–Trinajstić information content (AvgIpc) is 2.54. The van der Waals surface area contributed by atoms with E-state index < -0.39 is 0 Å². The molecular formula is C20H25NO2. The summed E-state index contributed by atoms with van der Waals surface area (Å²) in [5.74, 6) is 0.849. The van der Waals surface area contributed by atoms with Crippen molar-refractivity contribution < 1.29 is 9.53 Å². The second kappa shape index (κ2) is 6.86. The molecule has 0 saturated carbocycles. The van der Waals surface area contributed by atoms with Gasteiger partial charge in [-0.05, 0) is 40.8 Å². The quantitative estimate of drug-likeness (QED) is 0.844. The van der Waals surface area contributed by atoms with Crippen LogP contribution in [-0.4, -0.2) is 25.0 Å². The van der Waals surface area contributed by atoms with Crippen LogP contribution in [0.3, 0.4) is 0 Å². The second-order valence-corrected chi connectivity index (χ2v) is 6.84. The SMILES string of the molecule is COc1ccc(CN(C)C(=O)c2ccc(C(C)(C)C)cc2)cc1. The lowest BCUT2D eigenvalue weighted by Crippen LogP contribution is -2.26. The van der Waals surface area contributed by atoms with Crippen molar-refractivity contribution in [2.24, 2.45) is 0 Å². The number of nitrogens with zero attached hydrogens (tertiary/aromatic N) is 1. The summed E-state index contributed by atoms with van der Waals surface area (Å²) in [5.41, 5.74) is 3.12. The molecule has 0 aliphatic heterocycles. The van der Waals surface area contributed by atoms with Crippen molar-refractivity contribution in [1.29, 1.82) is 0 Å². The molecule has 0 aliphatic rings. The Morgan fingerprint density at radius 2 is 1.57 bits per heavy atom. The van der Waals surface area contributed by atoms with Crippen LogP contribution in [0, 0.1) is 0 Å². The molecule has 2 aromatic carbocycles. The molecule has 2 aromatic rings. The zero-order chi connectivity index (χ0) is 17.0. The highest BCUT2D eigenvalue weighted by molar-refractivity contribution is 5.94. The van der Waals surface area contributed by atoms with E-state index in [1.165, 1.54) is 5.56 Å². The zero-order valence-electron chi connectivity index (χ0n) is 14.6. The normalized spacial score (nSPS) is 11.2. The van der Waals surface area contributed by atoms with Gasteiger partial charge in [0.05, 0.1) is 7.11 Å². The Hall–Kier alpha value is -2.29. The van der Waals surface area contributed by atoms with E-state index in [1.807, 2.05) is 55.6 Å². The minimum Gasteiger partial charge on any atom is -0.497 e. The molecule has 0 N–H and O–H groups in total.